The van der Waals surface area contributed by atoms with Crippen LogP contribution in [0.4, 0.5) is 5.69 Å². The molecular formula is C11H18N2. The molecule has 2 nitrogen and oxygen atoms in total. The summed E-state index contributed by atoms with van der Waals surface area (Å²) in [6.45, 7) is 6.22. The van der Waals surface area contributed by atoms with Crippen LogP contribution in [0.15, 0.2) is 18.2 Å². The van der Waals surface area contributed by atoms with E-state index in [1.54, 1.807) is 0 Å². The van der Waals surface area contributed by atoms with Gasteiger partial charge in [-0.05, 0) is 37.1 Å². The molecule has 0 radical (unpaired) electrons. The molecular weight excluding hydrogens is 160 g/mol. The van der Waals surface area contributed by atoms with Crippen molar-refractivity contribution in [3.63, 3.8) is 0 Å². The minimum absolute atomic E-state index is 0.874. The van der Waals surface area contributed by atoms with Gasteiger partial charge in [0.2, 0.25) is 0 Å². The molecule has 13 heavy (non-hydrogen) atoms. The summed E-state index contributed by atoms with van der Waals surface area (Å²) in [7, 11) is 0. The van der Waals surface area contributed by atoms with E-state index < -0.39 is 0 Å². The van der Waals surface area contributed by atoms with Crippen LogP contribution in [-0.2, 0) is 6.54 Å². The third-order valence-electron chi connectivity index (χ3n) is 2.09. The van der Waals surface area contributed by atoms with Crippen LogP contribution in [-0.4, -0.2) is 6.54 Å². The van der Waals surface area contributed by atoms with Crippen LogP contribution in [0.2, 0.25) is 0 Å². The zero-order valence-electron chi connectivity index (χ0n) is 8.43. The molecule has 0 saturated carbocycles. The van der Waals surface area contributed by atoms with E-state index in [0.717, 1.165) is 24.3 Å². The van der Waals surface area contributed by atoms with Gasteiger partial charge in [0, 0.05) is 12.2 Å². The highest BCUT2D eigenvalue weighted by Crippen LogP contribution is 2.12. The number of nitrogen functional groups attached to an aromatic ring is 1. The van der Waals surface area contributed by atoms with Crippen molar-refractivity contribution in [1.29, 1.82) is 0 Å². The second-order valence-electron chi connectivity index (χ2n) is 3.37. The first-order chi connectivity index (χ1) is 6.24. The Labute approximate surface area is 80.1 Å². The van der Waals surface area contributed by atoms with E-state index >= 15 is 0 Å². The highest BCUT2D eigenvalue weighted by Gasteiger charge is 1.95. The summed E-state index contributed by atoms with van der Waals surface area (Å²) in [5.74, 6) is 0. The van der Waals surface area contributed by atoms with Gasteiger partial charge in [0.05, 0.1) is 0 Å². The summed E-state index contributed by atoms with van der Waals surface area (Å²) in [6.07, 6.45) is 1.17. The number of benzene rings is 1. The van der Waals surface area contributed by atoms with Crippen LogP contribution in [0, 0.1) is 6.92 Å². The molecule has 0 atom stereocenters. The molecule has 2 heteroatoms. The summed E-state index contributed by atoms with van der Waals surface area (Å²) < 4.78 is 0. The van der Waals surface area contributed by atoms with E-state index in [9.17, 15) is 0 Å². The maximum absolute atomic E-state index is 5.72. The zero-order chi connectivity index (χ0) is 9.68. The smallest absolute Gasteiger partial charge is 0.0343 e. The van der Waals surface area contributed by atoms with E-state index in [1.807, 2.05) is 13.0 Å². The molecule has 0 aromatic heterocycles. The molecule has 0 aliphatic rings. The van der Waals surface area contributed by atoms with Gasteiger partial charge in [0.1, 0.15) is 0 Å². The molecule has 0 saturated heterocycles. The average Bonchev–Trinajstić information content (AvgIpc) is 2.12. The molecule has 0 aliphatic heterocycles. The largest absolute Gasteiger partial charge is 0.399 e. The number of rotatable bonds is 4. The van der Waals surface area contributed by atoms with Crippen LogP contribution >= 0.6 is 0 Å². The third-order valence-corrected chi connectivity index (χ3v) is 2.09. The maximum atomic E-state index is 5.72. The van der Waals surface area contributed by atoms with Crippen molar-refractivity contribution >= 4 is 5.69 Å². The van der Waals surface area contributed by atoms with Gasteiger partial charge in [0.25, 0.3) is 0 Å². The molecule has 72 valence electrons. The lowest BCUT2D eigenvalue weighted by Gasteiger charge is -2.05. The molecule has 1 aromatic rings. The van der Waals surface area contributed by atoms with Crippen molar-refractivity contribution in [2.45, 2.75) is 26.8 Å². The zero-order valence-corrected chi connectivity index (χ0v) is 8.43. The first-order valence-corrected chi connectivity index (χ1v) is 4.79. The SMILES string of the molecule is CCCNCc1ccc(N)c(C)c1. The maximum Gasteiger partial charge on any atom is 0.0343 e. The van der Waals surface area contributed by atoms with Crippen LogP contribution < -0.4 is 11.1 Å². The molecule has 0 fully saturated rings. The second-order valence-corrected chi connectivity index (χ2v) is 3.37. The standard InChI is InChI=1S/C11H18N2/c1-3-6-13-8-10-4-5-11(12)9(2)7-10/h4-5,7,13H,3,6,8,12H2,1-2H3. The summed E-state index contributed by atoms with van der Waals surface area (Å²) in [5, 5.41) is 3.36. The van der Waals surface area contributed by atoms with Crippen LogP contribution in [0.3, 0.4) is 0 Å². The van der Waals surface area contributed by atoms with Crippen molar-refractivity contribution in [1.82, 2.24) is 5.32 Å². The topological polar surface area (TPSA) is 38.0 Å². The Bertz CT molecular complexity index is 269. The van der Waals surface area contributed by atoms with Crippen LogP contribution in [0.25, 0.3) is 0 Å². The van der Waals surface area contributed by atoms with Crippen molar-refractivity contribution in [2.24, 2.45) is 0 Å². The van der Waals surface area contributed by atoms with Gasteiger partial charge >= 0.3 is 0 Å². The van der Waals surface area contributed by atoms with E-state index in [-0.39, 0.29) is 0 Å². The fraction of sp³-hybridized carbons (Fsp3) is 0.455. The molecule has 0 spiro atoms. The summed E-state index contributed by atoms with van der Waals surface area (Å²) in [4.78, 5) is 0. The Morgan fingerprint density at radius 3 is 2.77 bits per heavy atom. The molecule has 0 amide bonds. The average molecular weight is 178 g/mol. The van der Waals surface area contributed by atoms with Crippen molar-refractivity contribution in [3.8, 4) is 0 Å². The Hall–Kier alpha value is -1.02. The molecule has 0 unspecified atom stereocenters. The van der Waals surface area contributed by atoms with E-state index in [1.165, 1.54) is 12.0 Å². The van der Waals surface area contributed by atoms with Gasteiger partial charge < -0.3 is 11.1 Å². The van der Waals surface area contributed by atoms with Crippen molar-refractivity contribution in [3.05, 3.63) is 29.3 Å². The predicted molar refractivity (Wildman–Crippen MR) is 57.6 cm³/mol. The van der Waals surface area contributed by atoms with Crippen LogP contribution in [0.5, 0.6) is 0 Å². The van der Waals surface area contributed by atoms with Crippen molar-refractivity contribution < 1.29 is 0 Å². The second kappa shape index (κ2) is 4.87. The minimum Gasteiger partial charge on any atom is -0.399 e. The van der Waals surface area contributed by atoms with Gasteiger partial charge in [-0.25, -0.2) is 0 Å². The normalized spacial score (nSPS) is 10.3. The van der Waals surface area contributed by atoms with Gasteiger partial charge in [-0.1, -0.05) is 19.1 Å². The molecule has 0 bridgehead atoms. The first-order valence-electron chi connectivity index (χ1n) is 4.79. The number of nitrogens with two attached hydrogens (primary N) is 1. The molecule has 1 aromatic carbocycles. The lowest BCUT2D eigenvalue weighted by atomic mass is 10.1. The number of hydrogen-bond acceptors (Lipinski definition) is 2. The Kier molecular flexibility index (Phi) is 3.77. The van der Waals surface area contributed by atoms with Gasteiger partial charge in [-0.2, -0.15) is 0 Å². The van der Waals surface area contributed by atoms with Crippen LogP contribution in [0.1, 0.15) is 24.5 Å². The monoisotopic (exact) mass is 178 g/mol. The van der Waals surface area contributed by atoms with Gasteiger partial charge in [0.15, 0.2) is 0 Å². The number of aryl methyl sites for hydroxylation is 1. The van der Waals surface area contributed by atoms with Gasteiger partial charge in [-0.15, -0.1) is 0 Å². The number of anilines is 1. The minimum atomic E-state index is 0.874. The quantitative estimate of drug-likeness (QED) is 0.547. The van der Waals surface area contributed by atoms with E-state index in [4.69, 9.17) is 5.73 Å². The Morgan fingerprint density at radius 2 is 2.15 bits per heavy atom. The fourth-order valence-corrected chi connectivity index (χ4v) is 1.26. The lowest BCUT2D eigenvalue weighted by molar-refractivity contribution is 0.675. The molecule has 3 N–H and O–H groups in total. The third kappa shape index (κ3) is 3.07. The molecule has 0 aliphatic carbocycles. The first kappa shape index (κ1) is 10.1. The van der Waals surface area contributed by atoms with E-state index in [0.29, 0.717) is 0 Å². The number of nitrogens with one attached hydrogen (secondary N) is 1. The Morgan fingerprint density at radius 1 is 1.38 bits per heavy atom. The van der Waals surface area contributed by atoms with Crippen molar-refractivity contribution in [2.75, 3.05) is 12.3 Å². The molecule has 1 rings (SSSR count). The highest BCUT2D eigenvalue weighted by molar-refractivity contribution is 5.47. The Balaban J connectivity index is 2.53. The predicted octanol–water partition coefficient (Wildman–Crippen LogP) is 2.08. The summed E-state index contributed by atoms with van der Waals surface area (Å²) in [6, 6.07) is 6.18. The fourth-order valence-electron chi connectivity index (χ4n) is 1.26. The van der Waals surface area contributed by atoms with E-state index in [2.05, 4.69) is 24.4 Å². The number of hydrogen-bond donors (Lipinski definition) is 2. The summed E-state index contributed by atoms with van der Waals surface area (Å²) in [5.41, 5.74) is 9.07. The highest BCUT2D eigenvalue weighted by atomic mass is 14.8. The lowest BCUT2D eigenvalue weighted by Crippen LogP contribution is -2.13. The van der Waals surface area contributed by atoms with Gasteiger partial charge in [-0.3, -0.25) is 0 Å². The summed E-state index contributed by atoms with van der Waals surface area (Å²) >= 11 is 0. The molecule has 0 heterocycles.